The molecule has 0 fully saturated rings. The fourth-order valence-electron chi connectivity index (χ4n) is 3.70. The largest absolute Gasteiger partial charge is 0.497 e. The molecule has 3 aromatic carbocycles. The number of nitrogens with zero attached hydrogens (tertiary/aromatic N) is 1. The number of nitrogens with one attached hydrogen (secondary N) is 2. The Morgan fingerprint density at radius 3 is 2.34 bits per heavy atom. The Morgan fingerprint density at radius 2 is 1.71 bits per heavy atom. The molecule has 14 heteroatoms. The van der Waals surface area contributed by atoms with Crippen molar-refractivity contribution in [3.63, 3.8) is 0 Å². The van der Waals surface area contributed by atoms with E-state index in [9.17, 15) is 21.6 Å². The van der Waals surface area contributed by atoms with Crippen LogP contribution in [0.5, 0.6) is 17.2 Å². The maximum Gasteiger partial charge on any atom is 0.267 e. The van der Waals surface area contributed by atoms with Crippen LogP contribution in [-0.4, -0.2) is 55.9 Å². The summed E-state index contributed by atoms with van der Waals surface area (Å²) in [4.78, 5) is 12.9. The zero-order chi connectivity index (χ0) is 27.7. The summed E-state index contributed by atoms with van der Waals surface area (Å²) in [6, 6.07) is 14.5. The van der Waals surface area contributed by atoms with Crippen LogP contribution < -0.4 is 28.6 Å². The molecule has 2 N–H and O–H groups in total. The van der Waals surface area contributed by atoms with E-state index in [0.29, 0.717) is 10.8 Å². The normalized spacial score (nSPS) is 15.2. The summed E-state index contributed by atoms with van der Waals surface area (Å²) >= 11 is 6.00. The second kappa shape index (κ2) is 10.6. The van der Waals surface area contributed by atoms with Gasteiger partial charge in [0.2, 0.25) is 10.0 Å². The number of carbonyl (C=O) groups excluding carboxylic acids is 1. The molecule has 0 aliphatic carbocycles. The molecule has 0 spiro atoms. The lowest BCUT2D eigenvalue weighted by atomic mass is 10.2. The Kier molecular flexibility index (Phi) is 7.63. The number of hydrogen-bond acceptors (Lipinski definition) is 8. The molecule has 3 aromatic rings. The van der Waals surface area contributed by atoms with E-state index < -0.39 is 32.1 Å². The number of methoxy groups -OCH3 is 2. The predicted octanol–water partition coefficient (Wildman–Crippen LogP) is 3.32. The van der Waals surface area contributed by atoms with Gasteiger partial charge in [0, 0.05) is 16.8 Å². The maximum atomic E-state index is 12.9. The molecule has 11 nitrogen and oxygen atoms in total. The summed E-state index contributed by atoms with van der Waals surface area (Å²) in [5.41, 5.74) is 0.740. The van der Waals surface area contributed by atoms with Crippen molar-refractivity contribution >= 4 is 54.6 Å². The van der Waals surface area contributed by atoms with E-state index in [-0.39, 0.29) is 40.0 Å². The second-order valence-corrected chi connectivity index (χ2v) is 12.2. The van der Waals surface area contributed by atoms with Gasteiger partial charge in [0.25, 0.3) is 15.9 Å². The Morgan fingerprint density at radius 1 is 1.00 bits per heavy atom. The number of halogens is 1. The van der Waals surface area contributed by atoms with Crippen molar-refractivity contribution in [3.05, 3.63) is 65.7 Å². The van der Waals surface area contributed by atoms with Gasteiger partial charge in [-0.15, -0.1) is 0 Å². The highest BCUT2D eigenvalue weighted by Crippen LogP contribution is 2.37. The number of hydrogen-bond donors (Lipinski definition) is 2. The molecular formula is C24H24ClN3O8S2. The third kappa shape index (κ3) is 5.90. The topological polar surface area (TPSA) is 140 Å². The molecule has 1 heterocycles. The second-order valence-electron chi connectivity index (χ2n) is 8.20. The first-order chi connectivity index (χ1) is 17.9. The minimum absolute atomic E-state index is 0.0589. The van der Waals surface area contributed by atoms with Crippen molar-refractivity contribution in [2.45, 2.75) is 11.0 Å². The molecule has 0 saturated carbocycles. The van der Waals surface area contributed by atoms with E-state index in [0.717, 1.165) is 10.6 Å². The van der Waals surface area contributed by atoms with E-state index in [2.05, 4.69) is 10.0 Å². The van der Waals surface area contributed by atoms with Gasteiger partial charge in [-0.3, -0.25) is 13.8 Å². The molecule has 1 aliphatic rings. The molecule has 1 amide bonds. The SMILES string of the molecule is COc1ccc(NS(=O)(=O)c2ccc(NC(=O)C3CN(S(C)(=O)=O)c4cc(Cl)ccc4O3)cc2)c(OC)c1. The van der Waals surface area contributed by atoms with Crippen LogP contribution >= 0.6 is 11.6 Å². The van der Waals surface area contributed by atoms with Crippen LogP contribution in [0.2, 0.25) is 5.02 Å². The van der Waals surface area contributed by atoms with Crippen molar-refractivity contribution in [2.24, 2.45) is 0 Å². The van der Waals surface area contributed by atoms with Crippen LogP contribution in [0.15, 0.2) is 65.6 Å². The lowest BCUT2D eigenvalue weighted by molar-refractivity contribution is -0.122. The highest BCUT2D eigenvalue weighted by atomic mass is 35.5. The number of carbonyl (C=O) groups is 1. The van der Waals surface area contributed by atoms with Crippen molar-refractivity contribution < 1.29 is 35.8 Å². The van der Waals surface area contributed by atoms with Crippen molar-refractivity contribution in [1.29, 1.82) is 0 Å². The number of rotatable bonds is 8. The lowest BCUT2D eigenvalue weighted by Gasteiger charge is -2.34. The maximum absolute atomic E-state index is 12.9. The first-order valence-corrected chi connectivity index (χ1v) is 14.7. The Bertz CT molecular complexity index is 1580. The van der Waals surface area contributed by atoms with E-state index >= 15 is 0 Å². The molecule has 4 rings (SSSR count). The predicted molar refractivity (Wildman–Crippen MR) is 143 cm³/mol. The monoisotopic (exact) mass is 581 g/mol. The van der Waals surface area contributed by atoms with Gasteiger partial charge in [-0.2, -0.15) is 0 Å². The third-order valence-corrected chi connectivity index (χ3v) is 8.33. The van der Waals surface area contributed by atoms with Crippen LogP contribution in [-0.2, 0) is 24.8 Å². The number of benzene rings is 3. The van der Waals surface area contributed by atoms with Crippen LogP contribution in [0.3, 0.4) is 0 Å². The summed E-state index contributed by atoms with van der Waals surface area (Å²) < 4.78 is 70.1. The molecule has 1 unspecified atom stereocenters. The van der Waals surface area contributed by atoms with Gasteiger partial charge in [0.1, 0.15) is 17.2 Å². The number of sulfonamides is 2. The van der Waals surface area contributed by atoms with Gasteiger partial charge in [-0.05, 0) is 54.6 Å². The van der Waals surface area contributed by atoms with Gasteiger partial charge in [0.15, 0.2) is 6.10 Å². The Balaban J connectivity index is 1.49. The number of fused-ring (bicyclic) bond motifs is 1. The van der Waals surface area contributed by atoms with Crippen molar-refractivity contribution in [2.75, 3.05) is 41.4 Å². The molecule has 0 saturated heterocycles. The van der Waals surface area contributed by atoms with E-state index in [1.807, 2.05) is 0 Å². The van der Waals surface area contributed by atoms with Crippen molar-refractivity contribution in [1.82, 2.24) is 0 Å². The van der Waals surface area contributed by atoms with Gasteiger partial charge >= 0.3 is 0 Å². The van der Waals surface area contributed by atoms with Gasteiger partial charge < -0.3 is 19.5 Å². The molecule has 202 valence electrons. The minimum atomic E-state index is -3.98. The molecule has 1 aliphatic heterocycles. The van der Waals surface area contributed by atoms with Crippen molar-refractivity contribution in [3.8, 4) is 17.2 Å². The molecule has 1 atom stereocenters. The highest BCUT2D eigenvalue weighted by molar-refractivity contribution is 7.92. The average molecular weight is 582 g/mol. The van der Waals surface area contributed by atoms with Crippen LogP contribution in [0.1, 0.15) is 0 Å². The zero-order valence-electron chi connectivity index (χ0n) is 20.5. The quantitative estimate of drug-likeness (QED) is 0.413. The summed E-state index contributed by atoms with van der Waals surface area (Å²) in [5.74, 6) is 0.346. The highest BCUT2D eigenvalue weighted by Gasteiger charge is 2.35. The number of ether oxygens (including phenoxy) is 3. The number of anilines is 3. The first kappa shape index (κ1) is 27.4. The molecule has 0 bridgehead atoms. The Hall–Kier alpha value is -3.68. The van der Waals surface area contributed by atoms with E-state index in [1.54, 1.807) is 12.1 Å². The van der Waals surface area contributed by atoms with Crippen LogP contribution in [0.25, 0.3) is 0 Å². The third-order valence-electron chi connectivity index (χ3n) is 5.57. The van der Waals surface area contributed by atoms with Crippen LogP contribution in [0, 0.1) is 0 Å². The Labute approximate surface area is 225 Å². The minimum Gasteiger partial charge on any atom is -0.497 e. The first-order valence-electron chi connectivity index (χ1n) is 11.0. The molecule has 0 radical (unpaired) electrons. The summed E-state index contributed by atoms with van der Waals surface area (Å²) in [6.45, 7) is -0.266. The summed E-state index contributed by atoms with van der Waals surface area (Å²) in [6.07, 6.45) is -0.141. The van der Waals surface area contributed by atoms with Gasteiger partial charge in [0.05, 0.1) is 43.3 Å². The van der Waals surface area contributed by atoms with Gasteiger partial charge in [-0.25, -0.2) is 16.8 Å². The summed E-state index contributed by atoms with van der Waals surface area (Å²) in [5, 5.41) is 2.94. The molecular weight excluding hydrogens is 558 g/mol. The number of amides is 1. The standard InChI is InChI=1S/C24H24ClN3O8S2/c1-34-17-7-10-19(22(13-17)35-2)27-38(32,33)18-8-5-16(6-9-18)26-24(29)23-14-28(37(3,30)31)20-12-15(25)4-11-21(20)36-23/h4-13,23,27H,14H2,1-3H3,(H,26,29). The van der Waals surface area contributed by atoms with E-state index in [4.69, 9.17) is 25.8 Å². The summed E-state index contributed by atoms with van der Waals surface area (Å²) in [7, 11) is -4.82. The molecule has 38 heavy (non-hydrogen) atoms. The van der Waals surface area contributed by atoms with E-state index in [1.165, 1.54) is 62.8 Å². The fraction of sp³-hybridized carbons (Fsp3) is 0.208. The smallest absolute Gasteiger partial charge is 0.267 e. The van der Waals surface area contributed by atoms with Gasteiger partial charge in [-0.1, -0.05) is 11.6 Å². The van der Waals surface area contributed by atoms with Crippen LogP contribution in [0.4, 0.5) is 17.1 Å². The average Bonchev–Trinajstić information content (AvgIpc) is 2.87. The lowest BCUT2D eigenvalue weighted by Crippen LogP contribution is -2.48. The fourth-order valence-corrected chi connectivity index (χ4v) is 5.84. The molecule has 0 aromatic heterocycles. The zero-order valence-corrected chi connectivity index (χ0v) is 22.9.